The minimum atomic E-state index is 0.0505. The first-order valence-corrected chi connectivity index (χ1v) is 10.3. The summed E-state index contributed by atoms with van der Waals surface area (Å²) < 4.78 is 11.2. The lowest BCUT2D eigenvalue weighted by molar-refractivity contribution is -0.0316. The lowest BCUT2D eigenvalue weighted by Gasteiger charge is -2.32. The van der Waals surface area contributed by atoms with Crippen LogP contribution in [0.2, 0.25) is 0 Å². The van der Waals surface area contributed by atoms with Crippen LogP contribution in [0.3, 0.4) is 0 Å². The van der Waals surface area contributed by atoms with Gasteiger partial charge in [-0.15, -0.1) is 0 Å². The van der Waals surface area contributed by atoms with Gasteiger partial charge in [-0.05, 0) is 47.7 Å². The number of aromatic nitrogens is 1. The second-order valence-corrected chi connectivity index (χ2v) is 7.51. The van der Waals surface area contributed by atoms with E-state index >= 15 is 0 Å². The number of methoxy groups -OCH3 is 1. The lowest BCUT2D eigenvalue weighted by Crippen LogP contribution is -2.39. The van der Waals surface area contributed by atoms with E-state index in [-0.39, 0.29) is 6.10 Å². The Labute approximate surface area is 173 Å². The van der Waals surface area contributed by atoms with Crippen molar-refractivity contribution in [3.63, 3.8) is 0 Å². The van der Waals surface area contributed by atoms with Gasteiger partial charge in [-0.25, -0.2) is 0 Å². The van der Waals surface area contributed by atoms with Crippen molar-refractivity contribution >= 4 is 0 Å². The van der Waals surface area contributed by atoms with Crippen molar-refractivity contribution in [2.24, 2.45) is 0 Å². The highest BCUT2D eigenvalue weighted by Gasteiger charge is 2.22. The summed E-state index contributed by atoms with van der Waals surface area (Å²) in [4.78, 5) is 7.19. The smallest absolute Gasteiger partial charge is 0.118 e. The number of pyridine rings is 1. The molecule has 0 aliphatic carbocycles. The highest BCUT2D eigenvalue weighted by atomic mass is 16.5. The van der Waals surface area contributed by atoms with E-state index in [1.165, 1.54) is 16.7 Å². The molecule has 1 unspecified atom stereocenters. The molecule has 1 atom stereocenters. The Kier molecular flexibility index (Phi) is 6.55. The fourth-order valence-corrected chi connectivity index (χ4v) is 3.73. The van der Waals surface area contributed by atoms with Crippen molar-refractivity contribution < 1.29 is 9.47 Å². The maximum Gasteiger partial charge on any atom is 0.118 e. The molecule has 2 heterocycles. The summed E-state index contributed by atoms with van der Waals surface area (Å²) in [6.45, 7) is 3.70. The summed E-state index contributed by atoms with van der Waals surface area (Å²) in [5.41, 5.74) is 4.86. The molecule has 2 aromatic carbocycles. The molecule has 1 aliphatic heterocycles. The van der Waals surface area contributed by atoms with E-state index in [1.54, 1.807) is 7.11 Å². The Hall–Kier alpha value is -2.69. The van der Waals surface area contributed by atoms with E-state index in [0.717, 1.165) is 50.5 Å². The highest BCUT2D eigenvalue weighted by Crippen LogP contribution is 2.22. The third-order valence-electron chi connectivity index (χ3n) is 5.45. The van der Waals surface area contributed by atoms with Crippen LogP contribution in [-0.4, -0.2) is 43.2 Å². The molecule has 4 rings (SSSR count). The van der Waals surface area contributed by atoms with Gasteiger partial charge in [-0.2, -0.15) is 0 Å². The molecule has 1 fully saturated rings. The second-order valence-electron chi connectivity index (χ2n) is 7.51. The standard InChI is InChI=1S/C25H28N2O2/c1-28-23-10-7-21(8-11-23)17-22-9-12-24(26-18-22)25-19-27(15-16-29-25)14-13-20-5-3-2-4-6-20/h2-12,18,25H,13-17,19H2,1H3. The van der Waals surface area contributed by atoms with Crippen molar-refractivity contribution in [2.75, 3.05) is 33.4 Å². The van der Waals surface area contributed by atoms with Crippen molar-refractivity contribution in [1.29, 1.82) is 0 Å². The summed E-state index contributed by atoms with van der Waals surface area (Å²) in [5, 5.41) is 0. The molecule has 0 spiro atoms. The zero-order valence-corrected chi connectivity index (χ0v) is 17.0. The van der Waals surface area contributed by atoms with Gasteiger partial charge in [0, 0.05) is 25.8 Å². The van der Waals surface area contributed by atoms with Crippen molar-refractivity contribution in [3.8, 4) is 5.75 Å². The van der Waals surface area contributed by atoms with Gasteiger partial charge in [-0.1, -0.05) is 48.5 Å². The first-order chi connectivity index (χ1) is 14.3. The Morgan fingerprint density at radius 3 is 2.48 bits per heavy atom. The molecule has 0 bridgehead atoms. The molecule has 3 aromatic rings. The van der Waals surface area contributed by atoms with E-state index < -0.39 is 0 Å². The van der Waals surface area contributed by atoms with Crippen LogP contribution in [0.5, 0.6) is 5.75 Å². The Morgan fingerprint density at radius 2 is 1.76 bits per heavy atom. The fraction of sp³-hybridized carbons (Fsp3) is 0.320. The van der Waals surface area contributed by atoms with Crippen LogP contribution in [-0.2, 0) is 17.6 Å². The first kappa shape index (κ1) is 19.6. The molecule has 4 heteroatoms. The second kappa shape index (κ2) is 9.68. The van der Waals surface area contributed by atoms with Crippen LogP contribution < -0.4 is 4.74 Å². The minimum absolute atomic E-state index is 0.0505. The number of morpholine rings is 1. The van der Waals surface area contributed by atoms with Gasteiger partial charge in [0.15, 0.2) is 0 Å². The Morgan fingerprint density at radius 1 is 0.966 bits per heavy atom. The summed E-state index contributed by atoms with van der Waals surface area (Å²) in [6.07, 6.45) is 3.97. The molecule has 4 nitrogen and oxygen atoms in total. The van der Waals surface area contributed by atoms with Gasteiger partial charge < -0.3 is 9.47 Å². The van der Waals surface area contributed by atoms with Crippen LogP contribution in [0.1, 0.15) is 28.5 Å². The fourth-order valence-electron chi connectivity index (χ4n) is 3.73. The van der Waals surface area contributed by atoms with Gasteiger partial charge in [0.25, 0.3) is 0 Å². The maximum atomic E-state index is 6.01. The molecule has 29 heavy (non-hydrogen) atoms. The quantitative estimate of drug-likeness (QED) is 0.605. The van der Waals surface area contributed by atoms with E-state index in [2.05, 4.69) is 59.5 Å². The van der Waals surface area contributed by atoms with Gasteiger partial charge in [0.2, 0.25) is 0 Å². The normalized spacial score (nSPS) is 17.2. The zero-order valence-electron chi connectivity index (χ0n) is 17.0. The topological polar surface area (TPSA) is 34.6 Å². The summed E-state index contributed by atoms with van der Waals surface area (Å²) in [6, 6.07) is 23.1. The Bertz CT molecular complexity index is 879. The predicted molar refractivity (Wildman–Crippen MR) is 115 cm³/mol. The van der Waals surface area contributed by atoms with Crippen LogP contribution in [0.4, 0.5) is 0 Å². The SMILES string of the molecule is COc1ccc(Cc2ccc(C3CN(CCc4ccccc4)CCO3)nc2)cc1. The molecule has 0 saturated carbocycles. The van der Waals surface area contributed by atoms with E-state index in [9.17, 15) is 0 Å². The highest BCUT2D eigenvalue weighted by molar-refractivity contribution is 5.31. The molecular formula is C25H28N2O2. The molecule has 150 valence electrons. The third-order valence-corrected chi connectivity index (χ3v) is 5.45. The average Bonchev–Trinajstić information content (AvgIpc) is 2.80. The molecule has 1 saturated heterocycles. The summed E-state index contributed by atoms with van der Waals surface area (Å²) in [7, 11) is 1.69. The van der Waals surface area contributed by atoms with Gasteiger partial charge >= 0.3 is 0 Å². The number of nitrogens with zero attached hydrogens (tertiary/aromatic N) is 2. The average molecular weight is 389 g/mol. The monoisotopic (exact) mass is 388 g/mol. The summed E-state index contributed by atoms with van der Waals surface area (Å²) in [5.74, 6) is 0.883. The van der Waals surface area contributed by atoms with E-state index in [1.807, 2.05) is 18.3 Å². The van der Waals surface area contributed by atoms with Crippen LogP contribution in [0.25, 0.3) is 0 Å². The van der Waals surface area contributed by atoms with Gasteiger partial charge in [0.1, 0.15) is 11.9 Å². The number of hydrogen-bond donors (Lipinski definition) is 0. The van der Waals surface area contributed by atoms with Crippen LogP contribution in [0, 0.1) is 0 Å². The minimum Gasteiger partial charge on any atom is -0.497 e. The van der Waals surface area contributed by atoms with Crippen molar-refractivity contribution in [2.45, 2.75) is 18.9 Å². The number of rotatable bonds is 7. The predicted octanol–water partition coefficient (Wildman–Crippen LogP) is 4.30. The first-order valence-electron chi connectivity index (χ1n) is 10.3. The molecule has 1 aromatic heterocycles. The van der Waals surface area contributed by atoms with E-state index in [0.29, 0.717) is 0 Å². The van der Waals surface area contributed by atoms with Gasteiger partial charge in [-0.3, -0.25) is 9.88 Å². The van der Waals surface area contributed by atoms with Crippen molar-refractivity contribution in [1.82, 2.24) is 9.88 Å². The molecule has 1 aliphatic rings. The number of hydrogen-bond acceptors (Lipinski definition) is 4. The molecule has 0 amide bonds. The molecule has 0 N–H and O–H groups in total. The van der Waals surface area contributed by atoms with Crippen LogP contribution >= 0.6 is 0 Å². The zero-order chi connectivity index (χ0) is 19.9. The largest absolute Gasteiger partial charge is 0.497 e. The van der Waals surface area contributed by atoms with Gasteiger partial charge in [0.05, 0.1) is 19.4 Å². The number of benzene rings is 2. The van der Waals surface area contributed by atoms with Crippen LogP contribution in [0.15, 0.2) is 72.9 Å². The third kappa shape index (κ3) is 5.43. The number of ether oxygens (including phenoxy) is 2. The summed E-state index contributed by atoms with van der Waals surface area (Å²) >= 11 is 0. The maximum absolute atomic E-state index is 6.01. The Balaban J connectivity index is 1.32. The molecule has 0 radical (unpaired) electrons. The van der Waals surface area contributed by atoms with Crippen molar-refractivity contribution in [3.05, 3.63) is 95.3 Å². The molecular weight excluding hydrogens is 360 g/mol. The lowest BCUT2D eigenvalue weighted by atomic mass is 10.1. The van der Waals surface area contributed by atoms with E-state index in [4.69, 9.17) is 14.5 Å².